The predicted octanol–water partition coefficient (Wildman–Crippen LogP) is 2.79. The van der Waals surface area contributed by atoms with E-state index in [4.69, 9.17) is 16.3 Å². The fourth-order valence-electron chi connectivity index (χ4n) is 1.85. The van der Waals surface area contributed by atoms with Gasteiger partial charge in [-0.05, 0) is 30.3 Å². The summed E-state index contributed by atoms with van der Waals surface area (Å²) in [4.78, 5) is 4.16. The summed E-state index contributed by atoms with van der Waals surface area (Å²) in [6.07, 6.45) is 1.51. The van der Waals surface area contributed by atoms with Gasteiger partial charge in [-0.15, -0.1) is 0 Å². The highest BCUT2D eigenvalue weighted by atomic mass is 35.5. The summed E-state index contributed by atoms with van der Waals surface area (Å²) in [6, 6.07) is 8.10. The molecule has 1 aromatic heterocycles. The topological polar surface area (TPSA) is 80.3 Å². The van der Waals surface area contributed by atoms with Gasteiger partial charge < -0.3 is 10.1 Å². The molecular weight excluding hydrogens is 326 g/mol. The number of anilines is 2. The van der Waals surface area contributed by atoms with E-state index >= 15 is 0 Å². The van der Waals surface area contributed by atoms with E-state index in [1.165, 1.54) is 19.4 Å². The fraction of sp³-hybridized carbons (Fsp3) is 0.214. The molecule has 0 aliphatic heterocycles. The van der Waals surface area contributed by atoms with Crippen LogP contribution >= 0.6 is 11.6 Å². The molecule has 118 valence electrons. The Kier molecular flexibility index (Phi) is 5.23. The molecule has 0 saturated heterocycles. The SMILES string of the molecule is CCNS(=O)(=O)c1cccnc1Nc1ccc(OC)c(Cl)c1. The molecule has 8 heteroatoms. The highest BCUT2D eigenvalue weighted by Gasteiger charge is 2.18. The predicted molar refractivity (Wildman–Crippen MR) is 86.4 cm³/mol. The molecule has 0 atom stereocenters. The zero-order valence-electron chi connectivity index (χ0n) is 12.1. The molecule has 22 heavy (non-hydrogen) atoms. The first-order valence-corrected chi connectivity index (χ1v) is 8.39. The number of benzene rings is 1. The van der Waals surface area contributed by atoms with Crippen LogP contribution in [0.2, 0.25) is 5.02 Å². The molecule has 0 amide bonds. The molecule has 2 N–H and O–H groups in total. The third-order valence-corrected chi connectivity index (χ3v) is 4.68. The average Bonchev–Trinajstić information content (AvgIpc) is 2.48. The van der Waals surface area contributed by atoms with E-state index in [0.717, 1.165) is 0 Å². The van der Waals surface area contributed by atoms with Crippen LogP contribution in [0.1, 0.15) is 6.92 Å². The molecule has 0 fully saturated rings. The van der Waals surface area contributed by atoms with Gasteiger partial charge in [0.05, 0.1) is 12.1 Å². The Bertz CT molecular complexity index is 766. The molecule has 0 aliphatic carbocycles. The van der Waals surface area contributed by atoms with Crippen molar-refractivity contribution in [3.05, 3.63) is 41.6 Å². The highest BCUT2D eigenvalue weighted by molar-refractivity contribution is 7.89. The molecule has 0 saturated carbocycles. The van der Waals surface area contributed by atoms with Gasteiger partial charge in [0.25, 0.3) is 0 Å². The summed E-state index contributed by atoms with van der Waals surface area (Å²) in [5.41, 5.74) is 0.609. The number of nitrogens with zero attached hydrogens (tertiary/aromatic N) is 1. The lowest BCUT2D eigenvalue weighted by atomic mass is 10.3. The number of rotatable bonds is 6. The van der Waals surface area contributed by atoms with Gasteiger partial charge >= 0.3 is 0 Å². The minimum atomic E-state index is -3.62. The first-order valence-electron chi connectivity index (χ1n) is 6.53. The molecule has 0 bridgehead atoms. The van der Waals surface area contributed by atoms with Crippen LogP contribution in [-0.2, 0) is 10.0 Å². The van der Waals surface area contributed by atoms with Crippen molar-refractivity contribution in [2.75, 3.05) is 19.0 Å². The number of halogens is 1. The maximum atomic E-state index is 12.2. The maximum Gasteiger partial charge on any atom is 0.244 e. The van der Waals surface area contributed by atoms with Gasteiger partial charge in [0.2, 0.25) is 10.0 Å². The van der Waals surface area contributed by atoms with E-state index in [9.17, 15) is 8.42 Å². The van der Waals surface area contributed by atoms with Gasteiger partial charge in [-0.2, -0.15) is 0 Å². The molecule has 1 aromatic carbocycles. The Labute approximate surface area is 134 Å². The lowest BCUT2D eigenvalue weighted by Gasteiger charge is -2.12. The second-order valence-corrected chi connectivity index (χ2v) is 6.47. The molecule has 1 heterocycles. The van der Waals surface area contributed by atoms with Crippen LogP contribution in [0.25, 0.3) is 0 Å². The molecule has 0 radical (unpaired) electrons. The largest absolute Gasteiger partial charge is 0.495 e. The third kappa shape index (κ3) is 3.68. The highest BCUT2D eigenvalue weighted by Crippen LogP contribution is 2.29. The van der Waals surface area contributed by atoms with Crippen molar-refractivity contribution in [2.45, 2.75) is 11.8 Å². The van der Waals surface area contributed by atoms with Crippen LogP contribution in [-0.4, -0.2) is 27.1 Å². The number of hydrogen-bond donors (Lipinski definition) is 2. The minimum absolute atomic E-state index is 0.0730. The Morgan fingerprint density at radius 3 is 2.73 bits per heavy atom. The van der Waals surface area contributed by atoms with Crippen molar-refractivity contribution in [1.82, 2.24) is 9.71 Å². The quantitative estimate of drug-likeness (QED) is 0.844. The number of pyridine rings is 1. The molecule has 2 rings (SSSR count). The molecule has 6 nitrogen and oxygen atoms in total. The van der Waals surface area contributed by atoms with Gasteiger partial charge in [0.1, 0.15) is 10.6 Å². The summed E-state index contributed by atoms with van der Waals surface area (Å²) >= 11 is 6.06. The van der Waals surface area contributed by atoms with Gasteiger partial charge in [-0.1, -0.05) is 18.5 Å². The number of methoxy groups -OCH3 is 1. The van der Waals surface area contributed by atoms with E-state index in [1.807, 2.05) is 0 Å². The average molecular weight is 342 g/mol. The van der Waals surface area contributed by atoms with E-state index in [2.05, 4.69) is 15.0 Å². The van der Waals surface area contributed by atoms with E-state index in [0.29, 0.717) is 23.0 Å². The molecular formula is C14H16ClN3O3S. The Morgan fingerprint density at radius 1 is 1.32 bits per heavy atom. The van der Waals surface area contributed by atoms with Gasteiger partial charge in [-0.3, -0.25) is 0 Å². The lowest BCUT2D eigenvalue weighted by Crippen LogP contribution is -2.24. The minimum Gasteiger partial charge on any atom is -0.495 e. The standard InChI is InChI=1S/C14H16ClN3O3S/c1-3-17-22(19,20)13-5-4-8-16-14(13)18-10-6-7-12(21-2)11(15)9-10/h4-9,17H,3H2,1-2H3,(H,16,18). The smallest absolute Gasteiger partial charge is 0.244 e. The second-order valence-electron chi connectivity index (χ2n) is 4.33. The zero-order valence-corrected chi connectivity index (χ0v) is 13.7. The first-order chi connectivity index (χ1) is 10.5. The van der Waals surface area contributed by atoms with Crippen LogP contribution < -0.4 is 14.8 Å². The van der Waals surface area contributed by atoms with Crippen LogP contribution in [0, 0.1) is 0 Å². The first kappa shape index (κ1) is 16.5. The number of sulfonamides is 1. The van der Waals surface area contributed by atoms with Gasteiger partial charge in [0, 0.05) is 18.4 Å². The van der Waals surface area contributed by atoms with Crippen molar-refractivity contribution in [3.8, 4) is 5.75 Å². The Hall–Kier alpha value is -1.83. The van der Waals surface area contributed by atoms with Crippen molar-refractivity contribution >= 4 is 33.1 Å². The van der Waals surface area contributed by atoms with Crippen LogP contribution in [0.4, 0.5) is 11.5 Å². The summed E-state index contributed by atoms with van der Waals surface area (Å²) in [5.74, 6) is 0.762. The van der Waals surface area contributed by atoms with E-state index in [1.54, 1.807) is 31.2 Å². The molecule has 0 unspecified atom stereocenters. The van der Waals surface area contributed by atoms with Crippen LogP contribution in [0.5, 0.6) is 5.75 Å². The zero-order chi connectivity index (χ0) is 16.2. The van der Waals surface area contributed by atoms with Gasteiger partial charge in [-0.25, -0.2) is 18.1 Å². The van der Waals surface area contributed by atoms with Crippen molar-refractivity contribution in [1.29, 1.82) is 0 Å². The van der Waals surface area contributed by atoms with E-state index in [-0.39, 0.29) is 10.7 Å². The van der Waals surface area contributed by atoms with Gasteiger partial charge in [0.15, 0.2) is 5.82 Å². The van der Waals surface area contributed by atoms with Crippen LogP contribution in [0.15, 0.2) is 41.4 Å². The van der Waals surface area contributed by atoms with Crippen molar-refractivity contribution in [3.63, 3.8) is 0 Å². The monoisotopic (exact) mass is 341 g/mol. The summed E-state index contributed by atoms with van der Waals surface area (Å²) in [5, 5.41) is 3.38. The summed E-state index contributed by atoms with van der Waals surface area (Å²) in [7, 11) is -2.09. The number of aromatic nitrogens is 1. The number of nitrogens with one attached hydrogen (secondary N) is 2. The second kappa shape index (κ2) is 6.95. The lowest BCUT2D eigenvalue weighted by molar-refractivity contribution is 0.415. The Morgan fingerprint density at radius 2 is 2.09 bits per heavy atom. The van der Waals surface area contributed by atoms with Crippen molar-refractivity contribution in [2.24, 2.45) is 0 Å². The maximum absolute atomic E-state index is 12.2. The summed E-state index contributed by atoms with van der Waals surface area (Å²) < 4.78 is 31.9. The summed E-state index contributed by atoms with van der Waals surface area (Å²) in [6.45, 7) is 2.01. The number of hydrogen-bond acceptors (Lipinski definition) is 5. The fourth-order valence-corrected chi connectivity index (χ4v) is 3.26. The normalized spacial score (nSPS) is 11.2. The molecule has 2 aromatic rings. The van der Waals surface area contributed by atoms with Crippen molar-refractivity contribution < 1.29 is 13.2 Å². The Balaban J connectivity index is 2.37. The number of ether oxygens (including phenoxy) is 1. The third-order valence-electron chi connectivity index (χ3n) is 2.81. The van der Waals surface area contributed by atoms with Crippen LogP contribution in [0.3, 0.4) is 0 Å². The van der Waals surface area contributed by atoms with E-state index < -0.39 is 10.0 Å². The molecule has 0 aliphatic rings. The molecule has 0 spiro atoms.